The van der Waals surface area contributed by atoms with Crippen LogP contribution in [0.1, 0.15) is 35.6 Å². The summed E-state index contributed by atoms with van der Waals surface area (Å²) in [5.41, 5.74) is 3.37. The summed E-state index contributed by atoms with van der Waals surface area (Å²) in [6.07, 6.45) is 0. The lowest BCUT2D eigenvalue weighted by Crippen LogP contribution is -2.15. The Balaban J connectivity index is 1.80. The molecule has 1 amide bonds. The topological polar surface area (TPSA) is 76.9 Å². The summed E-state index contributed by atoms with van der Waals surface area (Å²) in [4.78, 5) is 24.0. The van der Waals surface area contributed by atoms with Crippen LogP contribution >= 0.6 is 11.8 Å². The van der Waals surface area contributed by atoms with E-state index in [9.17, 15) is 9.59 Å². The number of aromatic nitrogens is 3. The molecule has 2 aromatic carbocycles. The monoisotopic (exact) mass is 394 g/mol. The van der Waals surface area contributed by atoms with Gasteiger partial charge >= 0.3 is 0 Å². The molecule has 7 heteroatoms. The maximum Gasteiger partial charge on any atom is 0.221 e. The zero-order chi connectivity index (χ0) is 20.3. The van der Waals surface area contributed by atoms with Crippen molar-refractivity contribution in [1.82, 2.24) is 14.8 Å². The average molecular weight is 395 g/mol. The van der Waals surface area contributed by atoms with Crippen LogP contribution in [-0.2, 0) is 4.79 Å². The van der Waals surface area contributed by atoms with Crippen molar-refractivity contribution < 1.29 is 9.59 Å². The normalized spacial score (nSPS) is 11.9. The highest BCUT2D eigenvalue weighted by Gasteiger charge is 2.21. The van der Waals surface area contributed by atoms with E-state index in [1.54, 1.807) is 24.3 Å². The van der Waals surface area contributed by atoms with Crippen LogP contribution in [0.5, 0.6) is 0 Å². The minimum Gasteiger partial charge on any atom is -0.326 e. The zero-order valence-electron chi connectivity index (χ0n) is 16.3. The van der Waals surface area contributed by atoms with Crippen molar-refractivity contribution in [2.75, 3.05) is 5.32 Å². The van der Waals surface area contributed by atoms with Gasteiger partial charge in [-0.15, -0.1) is 10.2 Å². The highest BCUT2D eigenvalue weighted by atomic mass is 32.2. The summed E-state index contributed by atoms with van der Waals surface area (Å²) >= 11 is 1.38. The van der Waals surface area contributed by atoms with Crippen LogP contribution in [0.2, 0.25) is 0 Å². The van der Waals surface area contributed by atoms with Crippen molar-refractivity contribution in [1.29, 1.82) is 0 Å². The number of thioether (sulfide) groups is 1. The highest BCUT2D eigenvalue weighted by Crippen LogP contribution is 2.28. The first kappa shape index (κ1) is 19.8. The van der Waals surface area contributed by atoms with Gasteiger partial charge in [0.15, 0.2) is 10.9 Å². The Hall–Kier alpha value is -2.93. The van der Waals surface area contributed by atoms with E-state index >= 15 is 0 Å². The standard InChI is InChI=1S/C21H22N4O2S/c1-13-7-5-6-8-19(13)25-15(3)23-24-21(25)28-14(2)20(27)17-9-11-18(12-10-17)22-16(4)26/h5-12,14H,1-4H3,(H,22,26). The molecule has 0 aliphatic carbocycles. The van der Waals surface area contributed by atoms with Crippen LogP contribution in [0.25, 0.3) is 5.69 Å². The number of benzene rings is 2. The molecule has 28 heavy (non-hydrogen) atoms. The molecular formula is C21H22N4O2S. The number of ketones is 1. The molecule has 1 unspecified atom stereocenters. The number of carbonyl (C=O) groups excluding carboxylic acids is 2. The molecule has 0 spiro atoms. The Morgan fingerprint density at radius 3 is 2.36 bits per heavy atom. The van der Waals surface area contributed by atoms with Crippen LogP contribution in [0.4, 0.5) is 5.69 Å². The number of anilines is 1. The van der Waals surface area contributed by atoms with Gasteiger partial charge in [-0.25, -0.2) is 0 Å². The van der Waals surface area contributed by atoms with Crippen LogP contribution in [0, 0.1) is 13.8 Å². The summed E-state index contributed by atoms with van der Waals surface area (Å²) < 4.78 is 1.98. The summed E-state index contributed by atoms with van der Waals surface area (Å²) in [6.45, 7) is 7.25. The fraction of sp³-hybridized carbons (Fsp3) is 0.238. The van der Waals surface area contributed by atoms with Gasteiger partial charge in [-0.3, -0.25) is 14.2 Å². The first-order valence-corrected chi connectivity index (χ1v) is 9.81. The predicted molar refractivity (Wildman–Crippen MR) is 111 cm³/mol. The molecule has 0 fully saturated rings. The van der Waals surface area contributed by atoms with E-state index in [0.29, 0.717) is 16.4 Å². The molecule has 0 saturated carbocycles. The number of amides is 1. The van der Waals surface area contributed by atoms with E-state index in [2.05, 4.69) is 15.5 Å². The van der Waals surface area contributed by atoms with Gasteiger partial charge in [-0.1, -0.05) is 30.0 Å². The van der Waals surface area contributed by atoms with Crippen molar-refractivity contribution in [3.8, 4) is 5.69 Å². The van der Waals surface area contributed by atoms with Crippen LogP contribution in [-0.4, -0.2) is 31.7 Å². The van der Waals surface area contributed by atoms with Crippen molar-refractivity contribution >= 4 is 29.1 Å². The number of nitrogens with zero attached hydrogens (tertiary/aromatic N) is 3. The number of rotatable bonds is 6. The number of nitrogens with one attached hydrogen (secondary N) is 1. The van der Waals surface area contributed by atoms with Gasteiger partial charge in [-0.2, -0.15) is 0 Å². The smallest absolute Gasteiger partial charge is 0.221 e. The van der Waals surface area contributed by atoms with E-state index in [-0.39, 0.29) is 16.9 Å². The Labute approximate surface area is 168 Å². The fourth-order valence-electron chi connectivity index (χ4n) is 2.88. The van der Waals surface area contributed by atoms with Crippen LogP contribution < -0.4 is 5.32 Å². The third-order valence-electron chi connectivity index (χ3n) is 4.29. The lowest BCUT2D eigenvalue weighted by molar-refractivity contribution is -0.114. The second kappa shape index (κ2) is 8.39. The third kappa shape index (κ3) is 4.31. The van der Waals surface area contributed by atoms with Gasteiger partial charge in [0.1, 0.15) is 5.82 Å². The van der Waals surface area contributed by atoms with Gasteiger partial charge in [0.25, 0.3) is 0 Å². The molecule has 0 radical (unpaired) electrons. The summed E-state index contributed by atoms with van der Waals surface area (Å²) in [5.74, 6) is 0.626. The number of hydrogen-bond acceptors (Lipinski definition) is 5. The molecule has 1 aromatic heterocycles. The van der Waals surface area contributed by atoms with Gasteiger partial charge in [0.05, 0.1) is 10.9 Å². The average Bonchev–Trinajstić information content (AvgIpc) is 3.02. The number of carbonyl (C=O) groups is 2. The van der Waals surface area contributed by atoms with Gasteiger partial charge in [0, 0.05) is 18.2 Å². The van der Waals surface area contributed by atoms with Crippen molar-refractivity contribution in [3.05, 3.63) is 65.5 Å². The number of hydrogen-bond donors (Lipinski definition) is 1. The Morgan fingerprint density at radius 2 is 1.71 bits per heavy atom. The molecule has 3 aromatic rings. The van der Waals surface area contributed by atoms with Gasteiger partial charge in [0.2, 0.25) is 5.91 Å². The van der Waals surface area contributed by atoms with E-state index < -0.39 is 0 Å². The molecule has 1 heterocycles. The molecular weight excluding hydrogens is 372 g/mol. The molecule has 6 nitrogen and oxygen atoms in total. The predicted octanol–water partition coefficient (Wildman–Crippen LogP) is 4.21. The number of Topliss-reactive ketones (excluding diaryl/α,β-unsaturated/α-hetero) is 1. The molecule has 0 saturated heterocycles. The number of para-hydroxylation sites is 1. The molecule has 0 aliphatic heterocycles. The summed E-state index contributed by atoms with van der Waals surface area (Å²) in [7, 11) is 0. The van der Waals surface area contributed by atoms with E-state index in [1.165, 1.54) is 18.7 Å². The maximum atomic E-state index is 12.8. The lowest BCUT2D eigenvalue weighted by atomic mass is 10.1. The largest absolute Gasteiger partial charge is 0.326 e. The third-order valence-corrected chi connectivity index (χ3v) is 5.34. The SMILES string of the molecule is CC(=O)Nc1ccc(C(=O)C(C)Sc2nnc(C)n2-c2ccccc2C)cc1. The minimum atomic E-state index is -0.335. The first-order chi connectivity index (χ1) is 13.4. The van der Waals surface area contributed by atoms with Crippen molar-refractivity contribution in [2.45, 2.75) is 38.1 Å². The highest BCUT2D eigenvalue weighted by molar-refractivity contribution is 8.00. The van der Waals surface area contributed by atoms with Gasteiger partial charge in [-0.05, 0) is 56.7 Å². The van der Waals surface area contributed by atoms with E-state index in [4.69, 9.17) is 0 Å². The molecule has 144 valence electrons. The lowest BCUT2D eigenvalue weighted by Gasteiger charge is -2.14. The van der Waals surface area contributed by atoms with Crippen LogP contribution in [0.15, 0.2) is 53.7 Å². The van der Waals surface area contributed by atoms with Crippen molar-refractivity contribution in [3.63, 3.8) is 0 Å². The Morgan fingerprint density at radius 1 is 1.04 bits per heavy atom. The Kier molecular flexibility index (Phi) is 5.94. The fourth-order valence-corrected chi connectivity index (χ4v) is 3.86. The molecule has 0 aliphatic rings. The first-order valence-electron chi connectivity index (χ1n) is 8.93. The van der Waals surface area contributed by atoms with Gasteiger partial charge < -0.3 is 5.32 Å². The number of aryl methyl sites for hydroxylation is 2. The minimum absolute atomic E-state index is 0.00337. The molecule has 1 atom stereocenters. The van der Waals surface area contributed by atoms with E-state index in [1.807, 2.05) is 49.6 Å². The van der Waals surface area contributed by atoms with Crippen molar-refractivity contribution in [2.24, 2.45) is 0 Å². The van der Waals surface area contributed by atoms with Crippen LogP contribution in [0.3, 0.4) is 0 Å². The summed E-state index contributed by atoms with van der Waals surface area (Å²) in [6, 6.07) is 14.9. The zero-order valence-corrected chi connectivity index (χ0v) is 17.1. The Bertz CT molecular complexity index is 1010. The quantitative estimate of drug-likeness (QED) is 0.501. The molecule has 3 rings (SSSR count). The molecule has 1 N–H and O–H groups in total. The summed E-state index contributed by atoms with van der Waals surface area (Å²) in [5, 5.41) is 11.5. The second-order valence-electron chi connectivity index (χ2n) is 6.53. The maximum absolute atomic E-state index is 12.8. The van der Waals surface area contributed by atoms with E-state index in [0.717, 1.165) is 17.1 Å². The second-order valence-corrected chi connectivity index (χ2v) is 7.84. The molecule has 0 bridgehead atoms.